The van der Waals surface area contributed by atoms with Gasteiger partial charge in [0, 0.05) is 24.6 Å². The van der Waals surface area contributed by atoms with E-state index in [-0.39, 0.29) is 23.3 Å². The van der Waals surface area contributed by atoms with Gasteiger partial charge in [-0.15, -0.1) is 0 Å². The molecular weight excluding hydrogens is 298 g/mol. The average Bonchev–Trinajstić information content (AvgIpc) is 2.53. The summed E-state index contributed by atoms with van der Waals surface area (Å²) in [6.45, 7) is 3.42. The zero-order chi connectivity index (χ0) is 16.7. The lowest BCUT2D eigenvalue weighted by molar-refractivity contribution is -0.383. The predicted molar refractivity (Wildman–Crippen MR) is 87.8 cm³/mol. The summed E-state index contributed by atoms with van der Waals surface area (Å²) in [5, 5.41) is 17.1. The molecule has 23 heavy (non-hydrogen) atoms. The molecular formula is C16H23N3O4. The molecule has 1 aromatic rings. The summed E-state index contributed by atoms with van der Waals surface area (Å²) in [5.41, 5.74) is 0.0585. The Labute approximate surface area is 135 Å². The highest BCUT2D eigenvalue weighted by molar-refractivity contribution is 5.93. The topological polar surface area (TPSA) is 93.5 Å². The first-order valence-electron chi connectivity index (χ1n) is 8.04. The summed E-state index contributed by atoms with van der Waals surface area (Å²) in [4.78, 5) is 22.8. The van der Waals surface area contributed by atoms with Crippen LogP contribution in [0, 0.1) is 10.1 Å². The number of rotatable bonds is 7. The van der Waals surface area contributed by atoms with Crippen molar-refractivity contribution in [3.8, 4) is 5.75 Å². The molecule has 0 radical (unpaired) electrons. The van der Waals surface area contributed by atoms with E-state index in [1.807, 2.05) is 6.92 Å². The molecule has 7 nitrogen and oxygen atoms in total. The van der Waals surface area contributed by atoms with Crippen molar-refractivity contribution in [1.82, 2.24) is 5.32 Å². The SMILES string of the molecule is CCCOc1ccc([N+](=O)[O-])c(NC(=O)CC2CCCCN2)c1. The molecule has 0 saturated carbocycles. The zero-order valence-corrected chi connectivity index (χ0v) is 13.3. The number of benzene rings is 1. The number of carbonyl (C=O) groups excluding carboxylic acids is 1. The number of hydrogen-bond donors (Lipinski definition) is 2. The van der Waals surface area contributed by atoms with Crippen molar-refractivity contribution in [2.24, 2.45) is 0 Å². The van der Waals surface area contributed by atoms with E-state index in [2.05, 4.69) is 10.6 Å². The van der Waals surface area contributed by atoms with Gasteiger partial charge in [0.25, 0.3) is 5.69 Å². The van der Waals surface area contributed by atoms with Gasteiger partial charge in [-0.3, -0.25) is 14.9 Å². The third kappa shape index (κ3) is 5.21. The zero-order valence-electron chi connectivity index (χ0n) is 13.3. The Hall–Kier alpha value is -2.15. The van der Waals surface area contributed by atoms with Gasteiger partial charge >= 0.3 is 0 Å². The first-order chi connectivity index (χ1) is 11.1. The third-order valence-corrected chi connectivity index (χ3v) is 3.76. The van der Waals surface area contributed by atoms with Crippen LogP contribution in [0.15, 0.2) is 18.2 Å². The van der Waals surface area contributed by atoms with Crippen molar-refractivity contribution >= 4 is 17.3 Å². The number of ether oxygens (including phenoxy) is 1. The predicted octanol–water partition coefficient (Wildman–Crippen LogP) is 2.85. The molecule has 0 aromatic heterocycles. The number of nitro benzene ring substituents is 1. The van der Waals surface area contributed by atoms with Crippen molar-refractivity contribution in [2.75, 3.05) is 18.5 Å². The van der Waals surface area contributed by atoms with E-state index in [1.54, 1.807) is 6.07 Å². The van der Waals surface area contributed by atoms with Gasteiger partial charge in [0.15, 0.2) is 0 Å². The summed E-state index contributed by atoms with van der Waals surface area (Å²) >= 11 is 0. The first-order valence-corrected chi connectivity index (χ1v) is 8.04. The third-order valence-electron chi connectivity index (χ3n) is 3.76. The number of anilines is 1. The molecule has 126 valence electrons. The fourth-order valence-corrected chi connectivity index (χ4v) is 2.61. The molecule has 2 rings (SSSR count). The van der Waals surface area contributed by atoms with Crippen LogP contribution in [-0.2, 0) is 4.79 Å². The van der Waals surface area contributed by atoms with E-state index in [9.17, 15) is 14.9 Å². The van der Waals surface area contributed by atoms with Gasteiger partial charge in [-0.1, -0.05) is 13.3 Å². The quantitative estimate of drug-likeness (QED) is 0.595. The molecule has 1 amide bonds. The Morgan fingerprint density at radius 2 is 2.30 bits per heavy atom. The first kappa shape index (κ1) is 17.2. The highest BCUT2D eigenvalue weighted by Crippen LogP contribution is 2.29. The Bertz CT molecular complexity index is 556. The molecule has 1 aliphatic rings. The highest BCUT2D eigenvalue weighted by Gasteiger charge is 2.20. The van der Waals surface area contributed by atoms with Gasteiger partial charge in [-0.05, 0) is 31.9 Å². The van der Waals surface area contributed by atoms with Crippen LogP contribution in [0.2, 0.25) is 0 Å². The second kappa shape index (κ2) is 8.47. The van der Waals surface area contributed by atoms with Crippen LogP contribution in [0.1, 0.15) is 39.0 Å². The Kier molecular flexibility index (Phi) is 6.34. The molecule has 0 bridgehead atoms. The van der Waals surface area contributed by atoms with Crippen LogP contribution in [-0.4, -0.2) is 30.0 Å². The smallest absolute Gasteiger partial charge is 0.293 e. The van der Waals surface area contributed by atoms with Crippen LogP contribution in [0.25, 0.3) is 0 Å². The molecule has 1 unspecified atom stereocenters. The van der Waals surface area contributed by atoms with E-state index in [4.69, 9.17) is 4.74 Å². The number of amides is 1. The maximum Gasteiger partial charge on any atom is 0.293 e. The van der Waals surface area contributed by atoms with Gasteiger partial charge < -0.3 is 15.4 Å². The van der Waals surface area contributed by atoms with Crippen LogP contribution in [0.4, 0.5) is 11.4 Å². The van der Waals surface area contributed by atoms with Gasteiger partial charge in [0.2, 0.25) is 5.91 Å². The minimum absolute atomic E-state index is 0.126. The Morgan fingerprint density at radius 3 is 2.96 bits per heavy atom. The van der Waals surface area contributed by atoms with E-state index in [0.29, 0.717) is 18.8 Å². The average molecular weight is 321 g/mol. The number of piperidine rings is 1. The van der Waals surface area contributed by atoms with E-state index >= 15 is 0 Å². The lowest BCUT2D eigenvalue weighted by Crippen LogP contribution is -2.37. The molecule has 1 saturated heterocycles. The molecule has 1 heterocycles. The highest BCUT2D eigenvalue weighted by atomic mass is 16.6. The molecule has 0 spiro atoms. The molecule has 1 aromatic carbocycles. The van der Waals surface area contributed by atoms with Crippen molar-refractivity contribution in [3.63, 3.8) is 0 Å². The van der Waals surface area contributed by atoms with Crippen LogP contribution in [0.3, 0.4) is 0 Å². The molecule has 1 aliphatic heterocycles. The van der Waals surface area contributed by atoms with Crippen molar-refractivity contribution in [3.05, 3.63) is 28.3 Å². The van der Waals surface area contributed by atoms with Crippen molar-refractivity contribution in [2.45, 2.75) is 45.1 Å². The van der Waals surface area contributed by atoms with E-state index < -0.39 is 4.92 Å². The lowest BCUT2D eigenvalue weighted by Gasteiger charge is -2.22. The maximum absolute atomic E-state index is 12.2. The number of nitrogens with zero attached hydrogens (tertiary/aromatic N) is 1. The lowest BCUT2D eigenvalue weighted by atomic mass is 10.0. The molecule has 1 fully saturated rings. The van der Waals surface area contributed by atoms with E-state index in [0.717, 1.165) is 32.2 Å². The van der Waals surface area contributed by atoms with Crippen molar-refractivity contribution < 1.29 is 14.5 Å². The second-order valence-electron chi connectivity index (χ2n) is 5.68. The Balaban J connectivity index is 2.05. The van der Waals surface area contributed by atoms with Crippen LogP contribution in [0.5, 0.6) is 5.75 Å². The Morgan fingerprint density at radius 1 is 1.48 bits per heavy atom. The van der Waals surface area contributed by atoms with Gasteiger partial charge in [0.1, 0.15) is 11.4 Å². The minimum Gasteiger partial charge on any atom is -0.494 e. The maximum atomic E-state index is 12.2. The molecule has 0 aliphatic carbocycles. The summed E-state index contributed by atoms with van der Waals surface area (Å²) in [6.07, 6.45) is 4.34. The normalized spacial score (nSPS) is 17.5. The van der Waals surface area contributed by atoms with Crippen LogP contribution < -0.4 is 15.4 Å². The summed E-state index contributed by atoms with van der Waals surface area (Å²) in [7, 11) is 0. The molecule has 2 N–H and O–H groups in total. The van der Waals surface area contributed by atoms with E-state index in [1.165, 1.54) is 12.1 Å². The number of nitrogens with one attached hydrogen (secondary N) is 2. The summed E-state index contributed by atoms with van der Waals surface area (Å²) in [6, 6.07) is 4.56. The number of carbonyl (C=O) groups is 1. The molecule has 7 heteroatoms. The fourth-order valence-electron chi connectivity index (χ4n) is 2.61. The number of hydrogen-bond acceptors (Lipinski definition) is 5. The van der Waals surface area contributed by atoms with Gasteiger partial charge in [0.05, 0.1) is 11.5 Å². The fraction of sp³-hybridized carbons (Fsp3) is 0.562. The minimum atomic E-state index is -0.502. The molecule has 1 atom stereocenters. The monoisotopic (exact) mass is 321 g/mol. The van der Waals surface area contributed by atoms with Crippen LogP contribution >= 0.6 is 0 Å². The van der Waals surface area contributed by atoms with Gasteiger partial charge in [-0.2, -0.15) is 0 Å². The number of nitro groups is 1. The standard InChI is InChI=1S/C16H23N3O4/c1-2-9-23-13-6-7-15(19(21)22)14(11-13)18-16(20)10-12-5-3-4-8-17-12/h6-7,11-12,17H,2-5,8-10H2,1H3,(H,18,20). The van der Waals surface area contributed by atoms with Gasteiger partial charge in [-0.25, -0.2) is 0 Å². The summed E-state index contributed by atoms with van der Waals surface area (Å²) in [5.74, 6) is 0.295. The largest absolute Gasteiger partial charge is 0.494 e. The van der Waals surface area contributed by atoms with Crippen molar-refractivity contribution in [1.29, 1.82) is 0 Å². The second-order valence-corrected chi connectivity index (χ2v) is 5.68. The summed E-state index contributed by atoms with van der Waals surface area (Å²) < 4.78 is 5.48.